The molecule has 0 spiro atoms. The zero-order chi connectivity index (χ0) is 88.2. The standard InChI is InChI=1S/C63H45N5.C60H42N4/c1-62(2)51-28-12-8-24-43(51)47-34-49-45-26-10-14-30-55(45)67(57(49)36-53(47)62)41-22-16-20-39(32-41)60-64-59(38-18-6-5-7-19-38)65-61(66-60)40-21-17-23-42(33-40)68-56-31-15-11-27-46(56)50-35-48-44-25-9-13-29-52(44)63(3,4)54(48)37-58(50)68;1-60(2)53-29-16-15-28-49(53)50-37-52-51-36-45(43-26-17-27-44(32-43)48-34-46(39-18-7-3-8-19-39)33-47(35-48)40-20-9-4-10-21-40)30-31-55(51)64(56(52)38-54(50)60)59-62-57(41-22-11-5-12-23-41)61-58(63-59)42-24-13-6-14-25-42/h5-37H,1-4H3;3-38H,1-2H3. The van der Waals surface area contributed by atoms with E-state index in [-0.39, 0.29) is 16.2 Å². The zero-order valence-corrected chi connectivity index (χ0v) is 73.9. The van der Waals surface area contributed by atoms with Gasteiger partial charge in [-0.2, -0.15) is 9.97 Å². The third-order valence-corrected chi connectivity index (χ3v) is 28.2. The summed E-state index contributed by atoms with van der Waals surface area (Å²) in [6, 6.07) is 151. The molecule has 0 unspecified atom stereocenters. The molecule has 5 heterocycles. The van der Waals surface area contributed by atoms with Crippen molar-refractivity contribution in [1.29, 1.82) is 0 Å². The molecule has 624 valence electrons. The summed E-state index contributed by atoms with van der Waals surface area (Å²) in [6.45, 7) is 14.1. The third-order valence-electron chi connectivity index (χ3n) is 28.2. The number of para-hydroxylation sites is 2. The molecule has 0 saturated heterocycles. The average molecular weight is 1690 g/mol. The number of nitrogens with zero attached hydrogens (tertiary/aromatic N) is 9. The van der Waals surface area contributed by atoms with Crippen LogP contribution in [0, 0.1) is 0 Å². The fourth-order valence-electron chi connectivity index (χ4n) is 21.6. The van der Waals surface area contributed by atoms with Crippen LogP contribution in [0.1, 0.15) is 74.9 Å². The maximum atomic E-state index is 5.33. The molecular formula is C123H87N9. The highest BCUT2D eigenvalue weighted by atomic mass is 15.2. The first kappa shape index (κ1) is 77.7. The van der Waals surface area contributed by atoms with Gasteiger partial charge in [-0.3, -0.25) is 4.57 Å². The van der Waals surface area contributed by atoms with Gasteiger partial charge in [-0.25, -0.2) is 19.9 Å². The van der Waals surface area contributed by atoms with E-state index in [4.69, 9.17) is 29.9 Å². The molecule has 0 amide bonds. The Bertz CT molecular complexity index is 8300. The van der Waals surface area contributed by atoms with Crippen LogP contribution in [0.4, 0.5) is 0 Å². The molecule has 0 atom stereocenters. The van der Waals surface area contributed by atoms with E-state index in [0.717, 1.165) is 83.2 Å². The van der Waals surface area contributed by atoms with E-state index < -0.39 is 0 Å². The Hall–Kier alpha value is -16.6. The SMILES string of the molecule is CC1(C)c2ccccc2-c2cc3c4cc(-c5cccc(-c6cc(-c7ccccc7)cc(-c7ccccc7)c6)c5)ccc4n(-c4nc(-c5ccccc5)nc(-c5ccccc5)n4)c3cc21.CC1(C)c2ccccc2-c2cc3c4ccccc4n(-c4cccc(-c5nc(-c6ccccc6)nc(-c6cccc(-n7c8ccccc8c8cc9c(cc87)C(C)(C)c7ccccc7-9)c6)n5)c4)c3cc21. The van der Waals surface area contributed by atoms with E-state index in [2.05, 4.69) is 419 Å². The Balaban J connectivity index is 0.000000142. The second kappa shape index (κ2) is 30.3. The van der Waals surface area contributed by atoms with Gasteiger partial charge in [0.15, 0.2) is 29.1 Å². The van der Waals surface area contributed by atoms with E-state index in [0.29, 0.717) is 35.1 Å². The number of aromatic nitrogens is 9. The lowest BCUT2D eigenvalue weighted by atomic mass is 9.82. The van der Waals surface area contributed by atoms with Gasteiger partial charge in [0.2, 0.25) is 5.95 Å². The predicted octanol–water partition coefficient (Wildman–Crippen LogP) is 31.0. The van der Waals surface area contributed by atoms with Crippen LogP contribution in [-0.4, -0.2) is 43.6 Å². The minimum atomic E-state index is -0.186. The first-order valence-electron chi connectivity index (χ1n) is 45.5. The third kappa shape index (κ3) is 12.6. The first-order valence-corrected chi connectivity index (χ1v) is 45.5. The summed E-state index contributed by atoms with van der Waals surface area (Å²) >= 11 is 0. The largest absolute Gasteiger partial charge is 0.309 e. The number of fused-ring (bicyclic) bond motifs is 18. The maximum absolute atomic E-state index is 5.33. The predicted molar refractivity (Wildman–Crippen MR) is 544 cm³/mol. The van der Waals surface area contributed by atoms with Gasteiger partial charge in [0, 0.05) is 87.8 Å². The Labute approximate surface area is 765 Å². The van der Waals surface area contributed by atoms with Gasteiger partial charge >= 0.3 is 0 Å². The molecule has 26 rings (SSSR count). The molecule has 132 heavy (non-hydrogen) atoms. The lowest BCUT2D eigenvalue weighted by Gasteiger charge is -2.21. The molecule has 0 saturated carbocycles. The van der Waals surface area contributed by atoms with Crippen LogP contribution in [0.5, 0.6) is 0 Å². The maximum Gasteiger partial charge on any atom is 0.238 e. The molecule has 18 aromatic carbocycles. The van der Waals surface area contributed by atoms with Crippen LogP contribution in [0.2, 0.25) is 0 Å². The molecule has 5 aromatic heterocycles. The molecule has 3 aliphatic rings. The number of hydrogen-bond donors (Lipinski definition) is 0. The van der Waals surface area contributed by atoms with Gasteiger partial charge in [0.25, 0.3) is 0 Å². The van der Waals surface area contributed by atoms with Crippen molar-refractivity contribution < 1.29 is 0 Å². The van der Waals surface area contributed by atoms with Crippen LogP contribution < -0.4 is 0 Å². The Morgan fingerprint density at radius 2 is 0.439 bits per heavy atom. The number of hydrogen-bond acceptors (Lipinski definition) is 6. The minimum Gasteiger partial charge on any atom is -0.309 e. The van der Waals surface area contributed by atoms with E-state index in [9.17, 15) is 0 Å². The molecule has 0 N–H and O–H groups in total. The molecule has 3 aliphatic carbocycles. The van der Waals surface area contributed by atoms with Crippen LogP contribution >= 0.6 is 0 Å². The average Bonchev–Trinajstić information content (AvgIpc) is 1.56. The molecule has 0 bridgehead atoms. The highest BCUT2D eigenvalue weighted by molar-refractivity contribution is 6.15. The second-order valence-corrected chi connectivity index (χ2v) is 36.9. The van der Waals surface area contributed by atoms with Gasteiger partial charge < -0.3 is 9.13 Å². The topological polar surface area (TPSA) is 92.1 Å². The van der Waals surface area contributed by atoms with Gasteiger partial charge in [-0.1, -0.05) is 351 Å². The quantitative estimate of drug-likeness (QED) is 0.121. The molecule has 0 aliphatic heterocycles. The molecule has 23 aromatic rings. The molecule has 9 nitrogen and oxygen atoms in total. The van der Waals surface area contributed by atoms with E-state index in [1.54, 1.807) is 0 Å². The van der Waals surface area contributed by atoms with Crippen molar-refractivity contribution in [3.05, 3.63) is 452 Å². The molecular weight excluding hydrogens is 1600 g/mol. The summed E-state index contributed by atoms with van der Waals surface area (Å²) < 4.78 is 7.08. The Morgan fingerprint density at radius 1 is 0.159 bits per heavy atom. The minimum absolute atomic E-state index is 0.124. The summed E-state index contributed by atoms with van der Waals surface area (Å²) in [4.78, 5) is 31.3. The van der Waals surface area contributed by atoms with Gasteiger partial charge in [0.05, 0.1) is 33.1 Å². The fraction of sp³-hybridized carbons (Fsp3) is 0.0732. The summed E-state index contributed by atoms with van der Waals surface area (Å²) in [6.07, 6.45) is 0. The van der Waals surface area contributed by atoms with Crippen molar-refractivity contribution in [3.63, 3.8) is 0 Å². The lowest BCUT2D eigenvalue weighted by Crippen LogP contribution is -2.15. The Morgan fingerprint density at radius 3 is 0.856 bits per heavy atom. The van der Waals surface area contributed by atoms with Crippen LogP contribution in [0.3, 0.4) is 0 Å². The summed E-state index contributed by atoms with van der Waals surface area (Å²) in [7, 11) is 0. The van der Waals surface area contributed by atoms with Crippen LogP contribution in [0.15, 0.2) is 419 Å². The zero-order valence-electron chi connectivity index (χ0n) is 73.9. The van der Waals surface area contributed by atoms with Crippen molar-refractivity contribution in [2.75, 3.05) is 0 Å². The van der Waals surface area contributed by atoms with Crippen molar-refractivity contribution in [2.45, 2.75) is 57.8 Å². The van der Waals surface area contributed by atoms with Gasteiger partial charge in [-0.15, -0.1) is 0 Å². The summed E-state index contributed by atoms with van der Waals surface area (Å²) in [5, 5.41) is 7.24. The van der Waals surface area contributed by atoms with Crippen molar-refractivity contribution in [1.82, 2.24) is 43.6 Å². The van der Waals surface area contributed by atoms with E-state index in [1.807, 2.05) is 54.6 Å². The summed E-state index contributed by atoms with van der Waals surface area (Å²) in [5.41, 5.74) is 38.5. The monoisotopic (exact) mass is 1690 g/mol. The molecule has 0 radical (unpaired) electrons. The lowest BCUT2D eigenvalue weighted by molar-refractivity contribution is 0.661. The van der Waals surface area contributed by atoms with Gasteiger partial charge in [0.1, 0.15) is 0 Å². The van der Waals surface area contributed by atoms with Crippen LogP contribution in [-0.2, 0) is 16.2 Å². The van der Waals surface area contributed by atoms with E-state index in [1.165, 1.54) is 133 Å². The highest BCUT2D eigenvalue weighted by Gasteiger charge is 2.40. The van der Waals surface area contributed by atoms with Crippen LogP contribution in [0.25, 0.3) is 218 Å². The number of benzene rings is 18. The van der Waals surface area contributed by atoms with Crippen molar-refractivity contribution in [3.8, 4) is 152 Å². The Kier molecular flexibility index (Phi) is 17.8. The van der Waals surface area contributed by atoms with E-state index >= 15 is 0 Å². The highest BCUT2D eigenvalue weighted by Crippen LogP contribution is 2.56. The molecule has 0 fully saturated rings. The fourth-order valence-corrected chi connectivity index (χ4v) is 21.6. The van der Waals surface area contributed by atoms with Gasteiger partial charge in [-0.05, 0) is 220 Å². The first-order chi connectivity index (χ1) is 64.7. The molecule has 9 heteroatoms. The second-order valence-electron chi connectivity index (χ2n) is 36.9. The number of rotatable bonds is 12. The normalized spacial score (nSPS) is 13.4. The van der Waals surface area contributed by atoms with Crippen molar-refractivity contribution >= 4 is 65.4 Å². The smallest absolute Gasteiger partial charge is 0.238 e. The summed E-state index contributed by atoms with van der Waals surface area (Å²) in [5.74, 6) is 3.72. The van der Waals surface area contributed by atoms with Crippen molar-refractivity contribution in [2.24, 2.45) is 0 Å².